The Morgan fingerprint density at radius 2 is 1.95 bits per heavy atom. The molecule has 1 atom stereocenters. The summed E-state index contributed by atoms with van der Waals surface area (Å²) in [7, 11) is 1.42. The van der Waals surface area contributed by atoms with Crippen LogP contribution in [0.5, 0.6) is 5.75 Å². The fraction of sp³-hybridized carbons (Fsp3) is 0.533. The fourth-order valence-corrected chi connectivity index (χ4v) is 2.14. The molecule has 1 aromatic carbocycles. The zero-order chi connectivity index (χ0) is 16.8. The van der Waals surface area contributed by atoms with Gasteiger partial charge in [0.1, 0.15) is 16.9 Å². The quantitative estimate of drug-likeness (QED) is 0.898. The number of hydrogen-bond acceptors (Lipinski definition) is 4. The van der Waals surface area contributed by atoms with Gasteiger partial charge in [-0.2, -0.15) is 0 Å². The van der Waals surface area contributed by atoms with Crippen molar-refractivity contribution in [3.05, 3.63) is 23.8 Å². The number of carbonyl (C=O) groups is 1. The molecule has 1 aromatic rings. The second-order valence-corrected chi connectivity index (χ2v) is 6.39. The average molecular weight is 314 g/mol. The smallest absolute Gasteiger partial charge is 0.412 e. The van der Waals surface area contributed by atoms with E-state index in [4.69, 9.17) is 15.2 Å². The number of methoxy groups -OCH3 is 1. The van der Waals surface area contributed by atoms with E-state index in [9.17, 15) is 13.6 Å². The van der Waals surface area contributed by atoms with Gasteiger partial charge in [0.15, 0.2) is 0 Å². The van der Waals surface area contributed by atoms with Gasteiger partial charge in [-0.25, -0.2) is 13.6 Å². The number of ether oxygens (including phenoxy) is 2. The molecule has 2 rings (SSSR count). The van der Waals surface area contributed by atoms with E-state index < -0.39 is 29.6 Å². The largest absolute Gasteiger partial charge is 0.497 e. The molecule has 5 nitrogen and oxygen atoms in total. The maximum Gasteiger partial charge on any atom is 0.412 e. The van der Waals surface area contributed by atoms with E-state index in [-0.39, 0.29) is 11.3 Å². The Kier molecular flexibility index (Phi) is 3.81. The van der Waals surface area contributed by atoms with Crippen molar-refractivity contribution in [3.63, 3.8) is 0 Å². The summed E-state index contributed by atoms with van der Waals surface area (Å²) in [5.41, 5.74) is 3.60. The lowest BCUT2D eigenvalue weighted by Crippen LogP contribution is -2.31. The number of nitrogens with one attached hydrogen (secondary N) is 1. The molecule has 3 N–H and O–H groups in total. The number of hydrogen-bond donors (Lipinski definition) is 2. The predicted molar refractivity (Wildman–Crippen MR) is 78.3 cm³/mol. The summed E-state index contributed by atoms with van der Waals surface area (Å²) in [6.07, 6.45) is -1.21. The summed E-state index contributed by atoms with van der Waals surface area (Å²) in [5, 5.41) is 2.47. The second-order valence-electron chi connectivity index (χ2n) is 6.39. The van der Waals surface area contributed by atoms with Crippen LogP contribution in [0.15, 0.2) is 18.2 Å². The Labute approximate surface area is 127 Å². The molecule has 1 unspecified atom stereocenters. The number of anilines is 1. The molecule has 0 heterocycles. The van der Waals surface area contributed by atoms with Crippen molar-refractivity contribution in [2.45, 2.75) is 44.3 Å². The minimum Gasteiger partial charge on any atom is -0.497 e. The van der Waals surface area contributed by atoms with Crippen LogP contribution >= 0.6 is 0 Å². The Hall–Kier alpha value is -1.89. The Balaban J connectivity index is 2.30. The first-order valence-electron chi connectivity index (χ1n) is 6.84. The van der Waals surface area contributed by atoms with E-state index in [1.54, 1.807) is 26.8 Å². The molecule has 0 radical (unpaired) electrons. The average Bonchev–Trinajstić information content (AvgIpc) is 2.87. The van der Waals surface area contributed by atoms with Crippen LogP contribution in [-0.4, -0.2) is 24.7 Å². The van der Waals surface area contributed by atoms with Gasteiger partial charge in [0.05, 0.1) is 7.11 Å². The summed E-state index contributed by atoms with van der Waals surface area (Å²) < 4.78 is 37.3. The van der Waals surface area contributed by atoms with Gasteiger partial charge in [-0.05, 0) is 39.0 Å². The number of rotatable bonds is 3. The SMILES string of the molecule is COc1ccc(NC(=O)OC(C)(C)C)c(C2(N)CC2(F)F)c1. The Bertz CT molecular complexity index is 599. The van der Waals surface area contributed by atoms with E-state index >= 15 is 0 Å². The van der Waals surface area contributed by atoms with E-state index in [0.29, 0.717) is 5.75 Å². The van der Waals surface area contributed by atoms with Gasteiger partial charge < -0.3 is 15.2 Å². The molecular weight excluding hydrogens is 294 g/mol. The highest BCUT2D eigenvalue weighted by molar-refractivity contribution is 5.86. The molecule has 0 aliphatic heterocycles. The maximum absolute atomic E-state index is 13.6. The van der Waals surface area contributed by atoms with Crippen molar-refractivity contribution in [1.29, 1.82) is 0 Å². The van der Waals surface area contributed by atoms with Gasteiger partial charge in [0.2, 0.25) is 0 Å². The molecule has 0 bridgehead atoms. The molecule has 1 saturated carbocycles. The van der Waals surface area contributed by atoms with E-state index in [1.165, 1.54) is 19.2 Å². The van der Waals surface area contributed by atoms with Gasteiger partial charge in [0.25, 0.3) is 5.92 Å². The van der Waals surface area contributed by atoms with Crippen LogP contribution in [0.4, 0.5) is 19.3 Å². The van der Waals surface area contributed by atoms with Crippen molar-refractivity contribution in [3.8, 4) is 5.75 Å². The third-order valence-corrected chi connectivity index (χ3v) is 3.37. The van der Waals surface area contributed by atoms with E-state index in [1.807, 2.05) is 0 Å². The number of carbonyl (C=O) groups excluding carboxylic acids is 1. The summed E-state index contributed by atoms with van der Waals surface area (Å²) in [6.45, 7) is 5.13. The third kappa shape index (κ3) is 3.14. The lowest BCUT2D eigenvalue weighted by Gasteiger charge is -2.22. The third-order valence-electron chi connectivity index (χ3n) is 3.37. The van der Waals surface area contributed by atoms with Crippen molar-refractivity contribution >= 4 is 11.8 Å². The minimum atomic E-state index is -3.01. The molecule has 0 saturated heterocycles. The zero-order valence-electron chi connectivity index (χ0n) is 13.0. The van der Waals surface area contributed by atoms with Crippen LogP contribution in [0.2, 0.25) is 0 Å². The maximum atomic E-state index is 13.6. The summed E-state index contributed by atoms with van der Waals surface area (Å²) >= 11 is 0. The topological polar surface area (TPSA) is 73.6 Å². The van der Waals surface area contributed by atoms with Crippen LogP contribution in [0.1, 0.15) is 32.8 Å². The van der Waals surface area contributed by atoms with Crippen LogP contribution in [0, 0.1) is 0 Å². The zero-order valence-corrected chi connectivity index (χ0v) is 13.0. The highest BCUT2D eigenvalue weighted by atomic mass is 19.3. The standard InChI is InChI=1S/C15H20F2N2O3/c1-13(2,3)22-12(20)19-11-6-5-9(21-4)7-10(11)14(18)8-15(14,16)17/h5-7H,8,18H2,1-4H3,(H,19,20). The first-order chi connectivity index (χ1) is 9.98. The Morgan fingerprint density at radius 3 is 2.41 bits per heavy atom. The van der Waals surface area contributed by atoms with Gasteiger partial charge >= 0.3 is 6.09 Å². The van der Waals surface area contributed by atoms with Gasteiger partial charge in [0, 0.05) is 17.7 Å². The molecular formula is C15H20F2N2O3. The molecule has 1 aliphatic rings. The van der Waals surface area contributed by atoms with Crippen molar-refractivity contribution in [2.75, 3.05) is 12.4 Å². The summed E-state index contributed by atoms with van der Waals surface area (Å²) in [6, 6.07) is 4.44. The molecule has 0 spiro atoms. The number of nitrogens with two attached hydrogens (primary N) is 1. The molecule has 1 amide bonds. The highest BCUT2D eigenvalue weighted by Gasteiger charge is 2.70. The molecule has 1 aliphatic carbocycles. The monoisotopic (exact) mass is 314 g/mol. The van der Waals surface area contributed by atoms with Crippen molar-refractivity contribution < 1.29 is 23.0 Å². The second kappa shape index (κ2) is 5.08. The normalized spacial score (nSPS) is 22.9. The molecule has 122 valence electrons. The molecule has 7 heteroatoms. The summed E-state index contributed by atoms with van der Waals surface area (Å²) in [5.74, 6) is -2.62. The van der Waals surface area contributed by atoms with Crippen LogP contribution < -0.4 is 15.8 Å². The Morgan fingerprint density at radius 1 is 1.36 bits per heavy atom. The van der Waals surface area contributed by atoms with Gasteiger partial charge in [-0.3, -0.25) is 5.32 Å². The number of halogens is 2. The van der Waals surface area contributed by atoms with Crippen LogP contribution in [0.3, 0.4) is 0 Å². The van der Waals surface area contributed by atoms with Crippen LogP contribution in [0.25, 0.3) is 0 Å². The molecule has 1 fully saturated rings. The first-order valence-corrected chi connectivity index (χ1v) is 6.84. The predicted octanol–water partition coefficient (Wildman–Crippen LogP) is 3.24. The lowest BCUT2D eigenvalue weighted by atomic mass is 10.0. The van der Waals surface area contributed by atoms with Crippen molar-refractivity contribution in [1.82, 2.24) is 0 Å². The lowest BCUT2D eigenvalue weighted by molar-refractivity contribution is 0.0634. The number of alkyl halides is 2. The minimum absolute atomic E-state index is 0.128. The van der Waals surface area contributed by atoms with E-state index in [2.05, 4.69) is 5.32 Å². The number of benzene rings is 1. The van der Waals surface area contributed by atoms with E-state index in [0.717, 1.165) is 0 Å². The number of amides is 1. The fourth-order valence-electron chi connectivity index (χ4n) is 2.14. The highest BCUT2D eigenvalue weighted by Crippen LogP contribution is 2.59. The van der Waals surface area contributed by atoms with Crippen molar-refractivity contribution in [2.24, 2.45) is 5.73 Å². The first kappa shape index (κ1) is 16.5. The van der Waals surface area contributed by atoms with Gasteiger partial charge in [-0.1, -0.05) is 0 Å². The summed E-state index contributed by atoms with van der Waals surface area (Å²) in [4.78, 5) is 11.9. The molecule has 0 aromatic heterocycles. The molecule has 22 heavy (non-hydrogen) atoms. The van der Waals surface area contributed by atoms with Gasteiger partial charge in [-0.15, -0.1) is 0 Å². The van der Waals surface area contributed by atoms with Crippen LogP contribution in [-0.2, 0) is 10.3 Å².